The van der Waals surface area contributed by atoms with E-state index in [-0.39, 0.29) is 0 Å². The summed E-state index contributed by atoms with van der Waals surface area (Å²) in [6, 6.07) is 0. The molecule has 0 aromatic heterocycles. The number of rotatable bonds is 3. The molecular formula is C18H34N4. The number of nitrogens with one attached hydrogen (secondary N) is 1. The summed E-state index contributed by atoms with van der Waals surface area (Å²) in [6.45, 7) is 9.54. The van der Waals surface area contributed by atoms with Gasteiger partial charge in [0, 0.05) is 33.2 Å². The van der Waals surface area contributed by atoms with Gasteiger partial charge in [0.15, 0.2) is 5.96 Å². The van der Waals surface area contributed by atoms with Crippen LogP contribution in [0.15, 0.2) is 4.99 Å². The first-order chi connectivity index (χ1) is 10.7. The van der Waals surface area contributed by atoms with Gasteiger partial charge in [-0.25, -0.2) is 0 Å². The maximum atomic E-state index is 4.53. The highest BCUT2D eigenvalue weighted by Gasteiger charge is 2.41. The molecule has 4 nitrogen and oxygen atoms in total. The predicted octanol–water partition coefficient (Wildman–Crippen LogP) is 2.56. The van der Waals surface area contributed by atoms with Crippen molar-refractivity contribution in [2.24, 2.45) is 16.3 Å². The molecule has 3 fully saturated rings. The lowest BCUT2D eigenvalue weighted by Crippen LogP contribution is -2.45. The summed E-state index contributed by atoms with van der Waals surface area (Å²) in [5.74, 6) is 2.05. The highest BCUT2D eigenvalue weighted by atomic mass is 15.3. The quantitative estimate of drug-likeness (QED) is 0.642. The number of hydrogen-bond acceptors (Lipinski definition) is 2. The number of piperidine rings is 1. The van der Waals surface area contributed by atoms with Crippen LogP contribution in [-0.2, 0) is 0 Å². The molecule has 4 heteroatoms. The first-order valence-corrected chi connectivity index (χ1v) is 9.39. The second kappa shape index (κ2) is 7.20. The van der Waals surface area contributed by atoms with Crippen LogP contribution in [0.5, 0.6) is 0 Å². The Kier molecular flexibility index (Phi) is 5.27. The molecule has 126 valence electrons. The Balaban J connectivity index is 1.41. The fraction of sp³-hybridized carbons (Fsp3) is 0.944. The van der Waals surface area contributed by atoms with E-state index < -0.39 is 0 Å². The third-order valence-electron chi connectivity index (χ3n) is 6.20. The minimum Gasteiger partial charge on any atom is -0.355 e. The molecule has 0 aromatic carbocycles. The van der Waals surface area contributed by atoms with Gasteiger partial charge in [-0.1, -0.05) is 19.8 Å². The van der Waals surface area contributed by atoms with Gasteiger partial charge in [-0.15, -0.1) is 0 Å². The van der Waals surface area contributed by atoms with Crippen molar-refractivity contribution < 1.29 is 0 Å². The summed E-state index contributed by atoms with van der Waals surface area (Å²) in [4.78, 5) is 9.64. The van der Waals surface area contributed by atoms with E-state index in [0.29, 0.717) is 5.41 Å². The monoisotopic (exact) mass is 306 g/mol. The molecule has 1 aliphatic carbocycles. The number of nitrogens with zero attached hydrogens (tertiary/aromatic N) is 3. The second-order valence-corrected chi connectivity index (χ2v) is 7.88. The zero-order valence-electron chi connectivity index (χ0n) is 14.6. The largest absolute Gasteiger partial charge is 0.355 e. The minimum absolute atomic E-state index is 0.626. The highest BCUT2D eigenvalue weighted by Crippen LogP contribution is 2.45. The van der Waals surface area contributed by atoms with Gasteiger partial charge in [-0.2, -0.15) is 0 Å². The van der Waals surface area contributed by atoms with Gasteiger partial charge >= 0.3 is 0 Å². The topological polar surface area (TPSA) is 30.9 Å². The van der Waals surface area contributed by atoms with E-state index in [1.165, 1.54) is 71.1 Å². The molecule has 3 rings (SSSR count). The first-order valence-electron chi connectivity index (χ1n) is 9.39. The van der Waals surface area contributed by atoms with Crippen molar-refractivity contribution in [2.75, 3.05) is 46.3 Å². The van der Waals surface area contributed by atoms with Crippen molar-refractivity contribution in [1.29, 1.82) is 0 Å². The van der Waals surface area contributed by atoms with Gasteiger partial charge in [-0.05, 0) is 56.5 Å². The summed E-state index contributed by atoms with van der Waals surface area (Å²) < 4.78 is 0. The Morgan fingerprint density at radius 1 is 1.14 bits per heavy atom. The molecule has 0 aromatic rings. The predicted molar refractivity (Wildman–Crippen MR) is 93.3 cm³/mol. The third kappa shape index (κ3) is 3.76. The molecule has 0 unspecified atom stereocenters. The zero-order chi connectivity index (χ0) is 15.4. The van der Waals surface area contributed by atoms with Crippen molar-refractivity contribution in [3.05, 3.63) is 0 Å². The number of aliphatic imine (C=N–C) groups is 1. The first kappa shape index (κ1) is 16.1. The Morgan fingerprint density at radius 3 is 2.55 bits per heavy atom. The number of likely N-dealkylation sites (tertiary alicyclic amines) is 2. The molecule has 0 bridgehead atoms. The standard InChI is InChI=1S/C18H34N4/c1-16-5-11-21(12-6-16)14-10-20-17(19-2)22-13-9-18(15-22)7-3-4-8-18/h16H,3-15H2,1-2H3,(H,19,20). The van der Waals surface area contributed by atoms with Crippen LogP contribution >= 0.6 is 0 Å². The fourth-order valence-electron chi connectivity index (χ4n) is 4.59. The molecule has 1 saturated carbocycles. The molecule has 0 radical (unpaired) electrons. The molecule has 1 N–H and O–H groups in total. The van der Waals surface area contributed by atoms with E-state index >= 15 is 0 Å². The lowest BCUT2D eigenvalue weighted by atomic mass is 9.86. The summed E-state index contributed by atoms with van der Waals surface area (Å²) in [6.07, 6.45) is 9.85. The molecule has 0 atom stereocenters. The number of hydrogen-bond donors (Lipinski definition) is 1. The fourth-order valence-corrected chi connectivity index (χ4v) is 4.59. The van der Waals surface area contributed by atoms with Crippen LogP contribution in [0.3, 0.4) is 0 Å². The molecule has 2 saturated heterocycles. The molecule has 2 aliphatic heterocycles. The van der Waals surface area contributed by atoms with Crippen LogP contribution in [0, 0.1) is 11.3 Å². The van der Waals surface area contributed by atoms with Crippen LogP contribution in [0.4, 0.5) is 0 Å². The van der Waals surface area contributed by atoms with Crippen molar-refractivity contribution >= 4 is 5.96 Å². The van der Waals surface area contributed by atoms with Gasteiger partial charge in [0.2, 0.25) is 0 Å². The average molecular weight is 306 g/mol. The lowest BCUT2D eigenvalue weighted by Gasteiger charge is -2.31. The van der Waals surface area contributed by atoms with Crippen LogP contribution in [0.1, 0.15) is 51.9 Å². The molecule has 2 heterocycles. The molecule has 1 spiro atoms. The minimum atomic E-state index is 0.626. The normalized spacial score (nSPS) is 27.0. The Morgan fingerprint density at radius 2 is 1.86 bits per heavy atom. The van der Waals surface area contributed by atoms with Crippen LogP contribution in [-0.4, -0.2) is 62.1 Å². The Bertz CT molecular complexity index is 379. The highest BCUT2D eigenvalue weighted by molar-refractivity contribution is 5.80. The third-order valence-corrected chi connectivity index (χ3v) is 6.20. The van der Waals surface area contributed by atoms with E-state index in [2.05, 4.69) is 27.0 Å². The van der Waals surface area contributed by atoms with Gasteiger partial charge < -0.3 is 15.1 Å². The lowest BCUT2D eigenvalue weighted by molar-refractivity contribution is 0.195. The van der Waals surface area contributed by atoms with Crippen molar-refractivity contribution in [3.63, 3.8) is 0 Å². The van der Waals surface area contributed by atoms with Gasteiger partial charge in [0.1, 0.15) is 0 Å². The van der Waals surface area contributed by atoms with Crippen LogP contribution < -0.4 is 5.32 Å². The Labute approximate surface area is 136 Å². The maximum absolute atomic E-state index is 4.53. The van der Waals surface area contributed by atoms with Gasteiger partial charge in [0.05, 0.1) is 0 Å². The SMILES string of the molecule is CN=C(NCCN1CCC(C)CC1)N1CCC2(CCCC2)C1. The molecule has 3 aliphatic rings. The van der Waals surface area contributed by atoms with Crippen LogP contribution in [0.2, 0.25) is 0 Å². The maximum Gasteiger partial charge on any atom is 0.193 e. The van der Waals surface area contributed by atoms with Crippen molar-refractivity contribution in [3.8, 4) is 0 Å². The Hall–Kier alpha value is -0.770. The summed E-state index contributed by atoms with van der Waals surface area (Å²) in [7, 11) is 1.94. The van der Waals surface area contributed by atoms with Gasteiger partial charge in [-0.3, -0.25) is 4.99 Å². The van der Waals surface area contributed by atoms with Crippen LogP contribution in [0.25, 0.3) is 0 Å². The number of guanidine groups is 1. The summed E-state index contributed by atoms with van der Waals surface area (Å²) >= 11 is 0. The zero-order valence-corrected chi connectivity index (χ0v) is 14.6. The van der Waals surface area contributed by atoms with E-state index in [4.69, 9.17) is 0 Å². The average Bonchev–Trinajstić information content (AvgIpc) is 3.16. The summed E-state index contributed by atoms with van der Waals surface area (Å²) in [5, 5.41) is 3.61. The molecule has 0 amide bonds. The van der Waals surface area contributed by atoms with E-state index in [1.54, 1.807) is 0 Å². The van der Waals surface area contributed by atoms with E-state index in [9.17, 15) is 0 Å². The van der Waals surface area contributed by atoms with Crippen molar-refractivity contribution in [2.45, 2.75) is 51.9 Å². The second-order valence-electron chi connectivity index (χ2n) is 7.88. The summed E-state index contributed by atoms with van der Waals surface area (Å²) in [5.41, 5.74) is 0.626. The molecule has 22 heavy (non-hydrogen) atoms. The van der Waals surface area contributed by atoms with Crippen molar-refractivity contribution in [1.82, 2.24) is 15.1 Å². The van der Waals surface area contributed by atoms with Gasteiger partial charge in [0.25, 0.3) is 0 Å². The van der Waals surface area contributed by atoms with E-state index in [1.807, 2.05) is 7.05 Å². The molecular weight excluding hydrogens is 272 g/mol. The smallest absolute Gasteiger partial charge is 0.193 e. The van der Waals surface area contributed by atoms with E-state index in [0.717, 1.165) is 25.0 Å².